The molecule has 8 aromatic carbocycles. The van der Waals surface area contributed by atoms with Crippen LogP contribution < -0.4 is 0 Å². The number of hydrogen-bond donors (Lipinski definition) is 0. The normalized spacial score (nSPS) is 11.6. The van der Waals surface area contributed by atoms with E-state index in [0.717, 1.165) is 0 Å². The van der Waals surface area contributed by atoms with Crippen LogP contribution in [-0.4, -0.2) is 0 Å². The summed E-state index contributed by atoms with van der Waals surface area (Å²) in [4.78, 5) is 0. The Balaban J connectivity index is 1.05. The van der Waals surface area contributed by atoms with Crippen molar-refractivity contribution in [1.82, 2.24) is 0 Å². The highest BCUT2D eigenvalue weighted by molar-refractivity contribution is 6.16. The monoisotopic (exact) mass is 556 g/mol. The Morgan fingerprint density at radius 1 is 0.205 bits per heavy atom. The van der Waals surface area contributed by atoms with Crippen LogP contribution in [-0.2, 0) is 0 Å². The maximum absolute atomic E-state index is 2.38. The molecular weight excluding hydrogens is 528 g/mol. The number of hydrogen-bond acceptors (Lipinski definition) is 0. The molecule has 44 heavy (non-hydrogen) atoms. The van der Waals surface area contributed by atoms with Gasteiger partial charge in [0.2, 0.25) is 0 Å². The summed E-state index contributed by atoms with van der Waals surface area (Å²) in [6, 6.07) is 62.2. The predicted molar refractivity (Wildman–Crippen MR) is 188 cm³/mol. The highest BCUT2D eigenvalue weighted by Crippen LogP contribution is 2.48. The Kier molecular flexibility index (Phi) is 5.61. The van der Waals surface area contributed by atoms with Crippen molar-refractivity contribution in [3.63, 3.8) is 0 Å². The van der Waals surface area contributed by atoms with Gasteiger partial charge in [-0.15, -0.1) is 0 Å². The Labute approximate surface area is 257 Å². The summed E-state index contributed by atoms with van der Waals surface area (Å²) in [5.41, 5.74) is 15.3. The molecular formula is C44H28. The summed E-state index contributed by atoms with van der Waals surface area (Å²) >= 11 is 0. The molecule has 0 heterocycles. The Hall–Kier alpha value is -5.72. The van der Waals surface area contributed by atoms with E-state index in [2.05, 4.69) is 170 Å². The van der Waals surface area contributed by atoms with Crippen molar-refractivity contribution in [1.29, 1.82) is 0 Å². The van der Waals surface area contributed by atoms with E-state index in [4.69, 9.17) is 0 Å². The van der Waals surface area contributed by atoms with Crippen molar-refractivity contribution in [3.8, 4) is 66.8 Å². The van der Waals surface area contributed by atoms with Crippen LogP contribution in [0.3, 0.4) is 0 Å². The maximum Gasteiger partial charge on any atom is -0.00259 e. The molecule has 0 aromatic heterocycles. The van der Waals surface area contributed by atoms with Gasteiger partial charge in [0.25, 0.3) is 0 Å². The van der Waals surface area contributed by atoms with Gasteiger partial charge in [0.1, 0.15) is 0 Å². The van der Waals surface area contributed by atoms with Crippen LogP contribution in [0.25, 0.3) is 88.3 Å². The summed E-state index contributed by atoms with van der Waals surface area (Å²) in [6.07, 6.45) is 0. The molecule has 0 atom stereocenters. The van der Waals surface area contributed by atoms with Gasteiger partial charge in [-0.1, -0.05) is 140 Å². The first-order valence-corrected chi connectivity index (χ1v) is 15.3. The Morgan fingerprint density at radius 2 is 0.659 bits per heavy atom. The highest BCUT2D eigenvalue weighted by atomic mass is 14.2. The van der Waals surface area contributed by atoms with Gasteiger partial charge in [0, 0.05) is 0 Å². The third-order valence-corrected chi connectivity index (χ3v) is 9.18. The van der Waals surface area contributed by atoms with Crippen LogP contribution in [0.15, 0.2) is 170 Å². The zero-order chi connectivity index (χ0) is 29.0. The molecule has 9 rings (SSSR count). The lowest BCUT2D eigenvalue weighted by molar-refractivity contribution is 1.58. The van der Waals surface area contributed by atoms with Gasteiger partial charge in [-0.2, -0.15) is 0 Å². The molecule has 0 radical (unpaired) electrons. The summed E-state index contributed by atoms with van der Waals surface area (Å²) in [6.45, 7) is 0. The van der Waals surface area contributed by atoms with E-state index in [1.807, 2.05) is 0 Å². The number of benzene rings is 8. The molecule has 0 nitrogen and oxygen atoms in total. The fourth-order valence-electron chi connectivity index (χ4n) is 6.95. The first kappa shape index (κ1) is 24.8. The van der Waals surface area contributed by atoms with Crippen molar-refractivity contribution in [2.75, 3.05) is 0 Å². The van der Waals surface area contributed by atoms with Crippen LogP contribution in [0.4, 0.5) is 0 Å². The molecule has 0 saturated carbocycles. The van der Waals surface area contributed by atoms with Gasteiger partial charge >= 0.3 is 0 Å². The van der Waals surface area contributed by atoms with E-state index >= 15 is 0 Å². The summed E-state index contributed by atoms with van der Waals surface area (Å²) in [5, 5.41) is 5.18. The molecule has 0 saturated heterocycles. The quantitative estimate of drug-likeness (QED) is 0.202. The number of rotatable bonds is 4. The van der Waals surface area contributed by atoms with Gasteiger partial charge in [0.15, 0.2) is 0 Å². The average molecular weight is 557 g/mol. The molecule has 0 unspecified atom stereocenters. The molecule has 0 aliphatic heterocycles. The average Bonchev–Trinajstić information content (AvgIpc) is 3.43. The maximum atomic E-state index is 2.38. The smallest absolute Gasteiger partial charge is 0.00259 e. The van der Waals surface area contributed by atoms with Crippen LogP contribution in [0.5, 0.6) is 0 Å². The van der Waals surface area contributed by atoms with E-state index in [-0.39, 0.29) is 0 Å². The number of fused-ring (bicyclic) bond motifs is 4. The van der Waals surface area contributed by atoms with Gasteiger partial charge in [-0.3, -0.25) is 0 Å². The fraction of sp³-hybridized carbons (Fsp3) is 0. The SMILES string of the molecule is c1ccc(-c2ccc(-c3cccc(-c4ccc5cc(-c6cc7c8c(cccc8c6)-c6ccccc6-7)ccc5c4)c3)cc2)cc1. The van der Waals surface area contributed by atoms with Crippen LogP contribution in [0, 0.1) is 0 Å². The third-order valence-electron chi connectivity index (χ3n) is 9.18. The fourth-order valence-corrected chi connectivity index (χ4v) is 6.95. The van der Waals surface area contributed by atoms with Crippen molar-refractivity contribution < 1.29 is 0 Å². The first-order chi connectivity index (χ1) is 21.8. The lowest BCUT2D eigenvalue weighted by Gasteiger charge is -2.11. The zero-order valence-electron chi connectivity index (χ0n) is 24.2. The third kappa shape index (κ3) is 4.07. The minimum Gasteiger partial charge on any atom is -0.0622 e. The van der Waals surface area contributed by atoms with Crippen molar-refractivity contribution in [2.24, 2.45) is 0 Å². The second kappa shape index (κ2) is 9.93. The predicted octanol–water partition coefficient (Wildman–Crippen LogP) is 12.3. The molecule has 1 aliphatic carbocycles. The molecule has 8 aromatic rings. The van der Waals surface area contributed by atoms with Crippen LogP contribution in [0.2, 0.25) is 0 Å². The van der Waals surface area contributed by atoms with Gasteiger partial charge < -0.3 is 0 Å². The topological polar surface area (TPSA) is 0 Å². The van der Waals surface area contributed by atoms with Crippen molar-refractivity contribution in [2.45, 2.75) is 0 Å². The lowest BCUT2D eigenvalue weighted by Crippen LogP contribution is -1.85. The molecule has 0 N–H and O–H groups in total. The van der Waals surface area contributed by atoms with Gasteiger partial charge in [-0.05, 0) is 119 Å². The summed E-state index contributed by atoms with van der Waals surface area (Å²) < 4.78 is 0. The molecule has 204 valence electrons. The van der Waals surface area contributed by atoms with E-state index in [9.17, 15) is 0 Å². The van der Waals surface area contributed by atoms with E-state index in [0.29, 0.717) is 0 Å². The minimum absolute atomic E-state index is 1.23. The molecule has 1 aliphatic rings. The zero-order valence-corrected chi connectivity index (χ0v) is 24.2. The van der Waals surface area contributed by atoms with E-state index in [1.54, 1.807) is 0 Å². The minimum atomic E-state index is 1.23. The summed E-state index contributed by atoms with van der Waals surface area (Å²) in [7, 11) is 0. The highest BCUT2D eigenvalue weighted by Gasteiger charge is 2.21. The van der Waals surface area contributed by atoms with Crippen LogP contribution >= 0.6 is 0 Å². The van der Waals surface area contributed by atoms with Crippen molar-refractivity contribution in [3.05, 3.63) is 170 Å². The molecule has 0 bridgehead atoms. The van der Waals surface area contributed by atoms with Gasteiger partial charge in [0.05, 0.1) is 0 Å². The Bertz CT molecular complexity index is 2360. The first-order valence-electron chi connectivity index (χ1n) is 15.3. The Morgan fingerprint density at radius 3 is 1.39 bits per heavy atom. The molecule has 0 fully saturated rings. The van der Waals surface area contributed by atoms with Gasteiger partial charge in [-0.25, -0.2) is 0 Å². The second-order valence-corrected chi connectivity index (χ2v) is 11.8. The van der Waals surface area contributed by atoms with Crippen molar-refractivity contribution >= 4 is 21.5 Å². The lowest BCUT2D eigenvalue weighted by atomic mass is 9.93. The van der Waals surface area contributed by atoms with Crippen LogP contribution in [0.1, 0.15) is 0 Å². The van der Waals surface area contributed by atoms with E-state index < -0.39 is 0 Å². The molecule has 0 heteroatoms. The molecule has 0 spiro atoms. The second-order valence-electron chi connectivity index (χ2n) is 11.8. The van der Waals surface area contributed by atoms with E-state index in [1.165, 1.54) is 88.3 Å². The standard InChI is InChI=1S/C44H28/c1-2-8-29(9-3-1)30-16-18-31(19-17-30)32-10-6-11-33(24-32)34-20-21-36-26-37(23-22-35(36)25-34)39-27-38-12-7-15-42-40-13-4-5-14-41(40)43(28-39)44(38)42/h1-28H. The summed E-state index contributed by atoms with van der Waals surface area (Å²) in [5.74, 6) is 0. The largest absolute Gasteiger partial charge is 0.0622 e. The molecule has 0 amide bonds.